The van der Waals surface area contributed by atoms with Crippen LogP contribution in [-0.4, -0.2) is 47.6 Å². The van der Waals surface area contributed by atoms with Crippen molar-refractivity contribution >= 4 is 10.8 Å². The number of rotatable bonds is 8. The smallest absolute Gasteiger partial charge is 0.139 e. The standard InChI is InChI=1S/C13H19FO4S/c1-10(7-17-2)18-8-11(15)9-19(16)13-6-4-3-5-12(13)14/h3-6,10-11,15H,7-9H2,1-2H3. The normalized spacial score (nSPS) is 16.0. The number of halogens is 1. The largest absolute Gasteiger partial charge is 0.390 e. The first kappa shape index (κ1) is 16.2. The zero-order valence-corrected chi connectivity index (χ0v) is 11.9. The van der Waals surface area contributed by atoms with Crippen LogP contribution in [0.15, 0.2) is 29.2 Å². The van der Waals surface area contributed by atoms with E-state index in [1.807, 2.05) is 6.92 Å². The molecule has 0 fully saturated rings. The first-order valence-corrected chi connectivity index (χ1v) is 7.28. The molecule has 1 aromatic rings. The Morgan fingerprint density at radius 2 is 2.05 bits per heavy atom. The van der Waals surface area contributed by atoms with Gasteiger partial charge in [0.1, 0.15) is 5.82 Å². The predicted octanol–water partition coefficient (Wildman–Crippen LogP) is 1.35. The summed E-state index contributed by atoms with van der Waals surface area (Å²) in [5.41, 5.74) is 0. The van der Waals surface area contributed by atoms with Crippen LogP contribution >= 0.6 is 0 Å². The molecule has 0 amide bonds. The Balaban J connectivity index is 2.42. The summed E-state index contributed by atoms with van der Waals surface area (Å²) in [4.78, 5) is 0.103. The van der Waals surface area contributed by atoms with Gasteiger partial charge in [-0.15, -0.1) is 0 Å². The van der Waals surface area contributed by atoms with E-state index in [1.165, 1.54) is 18.2 Å². The van der Waals surface area contributed by atoms with Gasteiger partial charge in [-0.1, -0.05) is 12.1 Å². The van der Waals surface area contributed by atoms with Crippen molar-refractivity contribution in [2.75, 3.05) is 26.1 Å². The van der Waals surface area contributed by atoms with Gasteiger partial charge in [0.25, 0.3) is 0 Å². The molecule has 0 saturated heterocycles. The van der Waals surface area contributed by atoms with Crippen molar-refractivity contribution in [1.82, 2.24) is 0 Å². The molecule has 0 aliphatic heterocycles. The number of aliphatic hydroxyl groups excluding tert-OH is 1. The molecule has 0 bridgehead atoms. The van der Waals surface area contributed by atoms with E-state index in [2.05, 4.69) is 0 Å². The van der Waals surface area contributed by atoms with Gasteiger partial charge in [-0.3, -0.25) is 4.21 Å². The highest BCUT2D eigenvalue weighted by Crippen LogP contribution is 2.12. The van der Waals surface area contributed by atoms with Crippen LogP contribution in [0, 0.1) is 5.82 Å². The van der Waals surface area contributed by atoms with Crippen LogP contribution in [0.2, 0.25) is 0 Å². The van der Waals surface area contributed by atoms with Crippen molar-refractivity contribution in [2.45, 2.75) is 24.0 Å². The van der Waals surface area contributed by atoms with E-state index in [9.17, 15) is 13.7 Å². The summed E-state index contributed by atoms with van der Waals surface area (Å²) in [6, 6.07) is 5.84. The lowest BCUT2D eigenvalue weighted by Crippen LogP contribution is -2.27. The van der Waals surface area contributed by atoms with E-state index >= 15 is 0 Å². The number of hydrogen-bond acceptors (Lipinski definition) is 4. The van der Waals surface area contributed by atoms with Crippen LogP contribution in [0.25, 0.3) is 0 Å². The van der Waals surface area contributed by atoms with Crippen molar-refractivity contribution in [1.29, 1.82) is 0 Å². The molecule has 19 heavy (non-hydrogen) atoms. The summed E-state index contributed by atoms with van der Waals surface area (Å²) in [6.45, 7) is 2.28. The molecule has 0 saturated carbocycles. The first-order chi connectivity index (χ1) is 9.04. The monoisotopic (exact) mass is 290 g/mol. The molecule has 0 aromatic heterocycles. The average molecular weight is 290 g/mol. The number of hydrogen-bond donors (Lipinski definition) is 1. The Morgan fingerprint density at radius 1 is 1.37 bits per heavy atom. The van der Waals surface area contributed by atoms with E-state index in [0.717, 1.165) is 0 Å². The van der Waals surface area contributed by atoms with Crippen molar-refractivity contribution in [3.63, 3.8) is 0 Å². The van der Waals surface area contributed by atoms with Crippen LogP contribution < -0.4 is 0 Å². The Morgan fingerprint density at radius 3 is 2.68 bits per heavy atom. The van der Waals surface area contributed by atoms with Crippen LogP contribution in [0.5, 0.6) is 0 Å². The van der Waals surface area contributed by atoms with Crippen LogP contribution in [0.4, 0.5) is 4.39 Å². The van der Waals surface area contributed by atoms with Gasteiger partial charge >= 0.3 is 0 Å². The summed E-state index contributed by atoms with van der Waals surface area (Å²) in [7, 11) is -0.0207. The summed E-state index contributed by atoms with van der Waals surface area (Å²) < 4.78 is 35.5. The molecular weight excluding hydrogens is 271 g/mol. The van der Waals surface area contributed by atoms with E-state index in [4.69, 9.17) is 9.47 Å². The third kappa shape index (κ3) is 5.78. The van der Waals surface area contributed by atoms with Crippen molar-refractivity contribution < 1.29 is 23.2 Å². The average Bonchev–Trinajstić information content (AvgIpc) is 2.37. The fourth-order valence-corrected chi connectivity index (χ4v) is 2.64. The van der Waals surface area contributed by atoms with Gasteiger partial charge in [0.05, 0.1) is 46.9 Å². The topological polar surface area (TPSA) is 55.8 Å². The van der Waals surface area contributed by atoms with E-state index < -0.39 is 22.7 Å². The molecular formula is C13H19FO4S. The minimum absolute atomic E-state index is 0.0463. The Bertz CT molecular complexity index is 413. The minimum Gasteiger partial charge on any atom is -0.390 e. The maximum atomic E-state index is 13.4. The van der Waals surface area contributed by atoms with Crippen LogP contribution in [0.3, 0.4) is 0 Å². The molecule has 4 nitrogen and oxygen atoms in total. The zero-order valence-electron chi connectivity index (χ0n) is 11.0. The SMILES string of the molecule is COCC(C)OCC(O)CS(=O)c1ccccc1F. The fourth-order valence-electron chi connectivity index (χ4n) is 1.50. The molecule has 0 radical (unpaired) electrons. The van der Waals surface area contributed by atoms with Gasteiger partial charge in [0, 0.05) is 7.11 Å². The molecule has 3 atom stereocenters. The van der Waals surface area contributed by atoms with Crippen LogP contribution in [-0.2, 0) is 20.3 Å². The molecule has 1 N–H and O–H groups in total. The molecule has 1 rings (SSSR count). The number of methoxy groups -OCH3 is 1. The summed E-state index contributed by atoms with van der Waals surface area (Å²) >= 11 is 0. The molecule has 0 aliphatic carbocycles. The number of aliphatic hydroxyl groups is 1. The molecule has 0 heterocycles. The lowest BCUT2D eigenvalue weighted by molar-refractivity contribution is -0.0259. The van der Waals surface area contributed by atoms with E-state index in [-0.39, 0.29) is 23.4 Å². The van der Waals surface area contributed by atoms with Gasteiger partial charge in [-0.25, -0.2) is 4.39 Å². The summed E-state index contributed by atoms with van der Waals surface area (Å²) in [5.74, 6) is -0.581. The highest BCUT2D eigenvalue weighted by molar-refractivity contribution is 7.85. The van der Waals surface area contributed by atoms with Gasteiger partial charge in [0.2, 0.25) is 0 Å². The molecule has 0 spiro atoms. The Kier molecular flexibility index (Phi) is 7.15. The van der Waals surface area contributed by atoms with Crippen molar-refractivity contribution in [3.8, 4) is 0 Å². The molecule has 1 aromatic carbocycles. The molecule has 3 unspecified atom stereocenters. The van der Waals surface area contributed by atoms with E-state index in [0.29, 0.717) is 6.61 Å². The second-order valence-corrected chi connectivity index (χ2v) is 5.66. The summed E-state index contributed by atoms with van der Waals surface area (Å²) in [6.07, 6.45) is -1.05. The number of benzene rings is 1. The van der Waals surface area contributed by atoms with Gasteiger partial charge < -0.3 is 14.6 Å². The summed E-state index contributed by atoms with van der Waals surface area (Å²) in [5, 5.41) is 9.71. The Hall–Kier alpha value is -0.820. The van der Waals surface area contributed by atoms with Gasteiger partial charge in [-0.05, 0) is 19.1 Å². The molecule has 108 valence electrons. The minimum atomic E-state index is -1.58. The lowest BCUT2D eigenvalue weighted by Gasteiger charge is -2.15. The highest BCUT2D eigenvalue weighted by Gasteiger charge is 2.15. The first-order valence-electron chi connectivity index (χ1n) is 5.96. The number of ether oxygens (including phenoxy) is 2. The maximum Gasteiger partial charge on any atom is 0.139 e. The fraction of sp³-hybridized carbons (Fsp3) is 0.538. The second-order valence-electron chi connectivity index (χ2n) is 4.20. The maximum absolute atomic E-state index is 13.4. The predicted molar refractivity (Wildman–Crippen MR) is 71.0 cm³/mol. The third-order valence-corrected chi connectivity index (χ3v) is 3.91. The molecule has 0 aliphatic rings. The lowest BCUT2D eigenvalue weighted by atomic mass is 10.3. The third-order valence-electron chi connectivity index (χ3n) is 2.40. The van der Waals surface area contributed by atoms with Gasteiger partial charge in [-0.2, -0.15) is 0 Å². The van der Waals surface area contributed by atoms with Crippen molar-refractivity contribution in [2.24, 2.45) is 0 Å². The van der Waals surface area contributed by atoms with Crippen LogP contribution in [0.1, 0.15) is 6.92 Å². The molecule has 6 heteroatoms. The quantitative estimate of drug-likeness (QED) is 0.785. The highest BCUT2D eigenvalue weighted by atomic mass is 32.2. The van der Waals surface area contributed by atoms with Gasteiger partial charge in [0.15, 0.2) is 0 Å². The Labute approximate surface area is 115 Å². The zero-order chi connectivity index (χ0) is 14.3. The second kappa shape index (κ2) is 8.37. The van der Waals surface area contributed by atoms with E-state index in [1.54, 1.807) is 13.2 Å². The van der Waals surface area contributed by atoms with Crippen molar-refractivity contribution in [3.05, 3.63) is 30.1 Å².